The topological polar surface area (TPSA) is 39.9 Å². The Hall–Kier alpha value is -1.40. The molecule has 3 rings (SSSR count). The van der Waals surface area contributed by atoms with E-state index in [9.17, 15) is 5.26 Å². The van der Waals surface area contributed by atoms with Gasteiger partial charge in [-0.25, -0.2) is 0 Å². The van der Waals surface area contributed by atoms with Gasteiger partial charge in [0.2, 0.25) is 0 Å². The van der Waals surface area contributed by atoms with Crippen LogP contribution in [0.1, 0.15) is 37.3 Å². The number of nitriles is 1. The molecule has 2 aliphatic rings. The maximum Gasteiger partial charge on any atom is 0.117 e. The molecule has 3 heteroatoms. The van der Waals surface area contributed by atoms with Gasteiger partial charge in [0.05, 0.1) is 6.07 Å². The van der Waals surface area contributed by atoms with Gasteiger partial charge in [-0.2, -0.15) is 5.26 Å². The zero-order valence-corrected chi connectivity index (χ0v) is 10.1. The van der Waals surface area contributed by atoms with Crippen LogP contribution < -0.4 is 0 Å². The second-order valence-electron chi connectivity index (χ2n) is 5.22. The lowest BCUT2D eigenvalue weighted by Gasteiger charge is -2.43. The van der Waals surface area contributed by atoms with E-state index < -0.39 is 0 Å². The van der Waals surface area contributed by atoms with Crippen molar-refractivity contribution in [1.29, 1.82) is 5.26 Å². The van der Waals surface area contributed by atoms with Gasteiger partial charge in [-0.15, -0.1) is 0 Å². The lowest BCUT2D eigenvalue weighted by molar-refractivity contribution is 0.102. The predicted octanol–water partition coefficient (Wildman–Crippen LogP) is 2.32. The third-order valence-corrected chi connectivity index (χ3v) is 4.64. The molecule has 3 heterocycles. The average molecular weight is 227 g/mol. The number of aromatic nitrogens is 1. The van der Waals surface area contributed by atoms with Crippen LogP contribution in [0.2, 0.25) is 0 Å². The summed E-state index contributed by atoms with van der Waals surface area (Å²) >= 11 is 0. The van der Waals surface area contributed by atoms with Crippen LogP contribution in [0.3, 0.4) is 0 Å². The summed E-state index contributed by atoms with van der Waals surface area (Å²) in [7, 11) is 2.11. The standard InChI is InChI=1S/C14H17N3/c1-17-11-5-6-12(13-4-2-3-9-16-13)14(17,10-15)8-7-11/h2-4,9,11-12H,5-8H2,1H3/t11-,12?,14+/m1/s1. The summed E-state index contributed by atoms with van der Waals surface area (Å²) in [5, 5.41) is 9.65. The van der Waals surface area contributed by atoms with E-state index in [0.29, 0.717) is 6.04 Å². The molecule has 88 valence electrons. The highest BCUT2D eigenvalue weighted by Gasteiger charge is 2.53. The van der Waals surface area contributed by atoms with Crippen LogP contribution in [-0.2, 0) is 0 Å². The van der Waals surface area contributed by atoms with E-state index in [1.165, 1.54) is 6.42 Å². The monoisotopic (exact) mass is 227 g/mol. The molecule has 0 amide bonds. The Labute approximate surface area is 102 Å². The zero-order chi connectivity index (χ0) is 11.9. The molecular formula is C14H17N3. The molecule has 1 unspecified atom stereocenters. The van der Waals surface area contributed by atoms with Crippen molar-refractivity contribution >= 4 is 0 Å². The van der Waals surface area contributed by atoms with Gasteiger partial charge in [0.15, 0.2) is 0 Å². The Kier molecular flexibility index (Phi) is 2.41. The Morgan fingerprint density at radius 3 is 3.00 bits per heavy atom. The summed E-state index contributed by atoms with van der Waals surface area (Å²) in [5.41, 5.74) is 0.776. The molecule has 2 fully saturated rings. The third-order valence-electron chi connectivity index (χ3n) is 4.64. The summed E-state index contributed by atoms with van der Waals surface area (Å²) in [4.78, 5) is 6.77. The van der Waals surface area contributed by atoms with E-state index in [1.54, 1.807) is 0 Å². The van der Waals surface area contributed by atoms with E-state index in [-0.39, 0.29) is 11.5 Å². The fourth-order valence-corrected chi connectivity index (χ4v) is 3.63. The Bertz CT molecular complexity index is 450. The third kappa shape index (κ3) is 1.41. The maximum atomic E-state index is 9.65. The van der Waals surface area contributed by atoms with Crippen LogP contribution in [0.4, 0.5) is 0 Å². The number of rotatable bonds is 1. The minimum Gasteiger partial charge on any atom is -0.285 e. The van der Waals surface area contributed by atoms with Gasteiger partial charge < -0.3 is 0 Å². The number of pyridine rings is 1. The molecule has 17 heavy (non-hydrogen) atoms. The summed E-state index contributed by atoms with van der Waals surface area (Å²) in [6.07, 6.45) is 6.28. The van der Waals surface area contributed by atoms with Gasteiger partial charge in [0, 0.05) is 23.9 Å². The second-order valence-corrected chi connectivity index (χ2v) is 5.22. The van der Waals surface area contributed by atoms with Crippen LogP contribution in [0.25, 0.3) is 0 Å². The van der Waals surface area contributed by atoms with Gasteiger partial charge in [-0.05, 0) is 44.9 Å². The lowest BCUT2D eigenvalue weighted by atomic mass is 9.76. The predicted molar refractivity (Wildman–Crippen MR) is 65.3 cm³/mol. The van der Waals surface area contributed by atoms with Crippen LogP contribution in [-0.4, -0.2) is 28.5 Å². The van der Waals surface area contributed by atoms with E-state index in [0.717, 1.165) is 25.0 Å². The molecule has 3 atom stereocenters. The zero-order valence-electron chi connectivity index (χ0n) is 10.1. The molecule has 2 saturated heterocycles. The SMILES string of the molecule is CN1[C@@H]2CCC(c3ccccn3)[C@@]1(C#N)CC2. The number of likely N-dealkylation sites (N-methyl/N-ethyl adjacent to an activating group) is 1. The molecule has 0 radical (unpaired) electrons. The van der Waals surface area contributed by atoms with Crippen molar-refractivity contribution < 1.29 is 0 Å². The fourth-order valence-electron chi connectivity index (χ4n) is 3.63. The second kappa shape index (κ2) is 3.82. The van der Waals surface area contributed by atoms with Gasteiger partial charge in [0.25, 0.3) is 0 Å². The Morgan fingerprint density at radius 2 is 2.29 bits per heavy atom. The van der Waals surface area contributed by atoms with Crippen LogP contribution in [0.15, 0.2) is 24.4 Å². The largest absolute Gasteiger partial charge is 0.285 e. The summed E-state index contributed by atoms with van der Waals surface area (Å²) < 4.78 is 0. The molecule has 1 aromatic rings. The molecule has 2 bridgehead atoms. The molecule has 2 aliphatic heterocycles. The van der Waals surface area contributed by atoms with Crippen molar-refractivity contribution in [2.75, 3.05) is 7.05 Å². The minimum atomic E-state index is -0.308. The summed E-state index contributed by atoms with van der Waals surface area (Å²) in [6.45, 7) is 0. The number of piperidine rings is 1. The number of nitrogens with zero attached hydrogens (tertiary/aromatic N) is 3. The van der Waals surface area contributed by atoms with E-state index in [2.05, 4.69) is 29.1 Å². The lowest BCUT2D eigenvalue weighted by Crippen LogP contribution is -2.51. The van der Waals surface area contributed by atoms with Gasteiger partial charge >= 0.3 is 0 Å². The molecule has 1 aromatic heterocycles. The molecule has 3 nitrogen and oxygen atoms in total. The van der Waals surface area contributed by atoms with Crippen molar-refractivity contribution in [2.24, 2.45) is 0 Å². The maximum absolute atomic E-state index is 9.65. The van der Waals surface area contributed by atoms with Crippen molar-refractivity contribution in [3.05, 3.63) is 30.1 Å². The highest BCUT2D eigenvalue weighted by Crippen LogP contribution is 2.50. The van der Waals surface area contributed by atoms with Crippen molar-refractivity contribution in [3.8, 4) is 6.07 Å². The summed E-state index contributed by atoms with van der Waals surface area (Å²) in [5.74, 6) is 0.275. The van der Waals surface area contributed by atoms with Crippen LogP contribution in [0.5, 0.6) is 0 Å². The number of hydrogen-bond donors (Lipinski definition) is 0. The molecule has 0 spiro atoms. The first-order chi connectivity index (χ1) is 8.28. The van der Waals surface area contributed by atoms with E-state index in [1.807, 2.05) is 18.3 Å². The fraction of sp³-hybridized carbons (Fsp3) is 0.571. The highest BCUT2D eigenvalue weighted by molar-refractivity contribution is 5.28. The van der Waals surface area contributed by atoms with Crippen molar-refractivity contribution in [3.63, 3.8) is 0 Å². The molecule has 0 aromatic carbocycles. The minimum absolute atomic E-state index is 0.275. The van der Waals surface area contributed by atoms with Crippen LogP contribution >= 0.6 is 0 Å². The first kappa shape index (κ1) is 10.7. The molecule has 0 aliphatic carbocycles. The first-order valence-corrected chi connectivity index (χ1v) is 6.33. The average Bonchev–Trinajstić information content (AvgIpc) is 2.60. The van der Waals surface area contributed by atoms with Crippen molar-refractivity contribution in [2.45, 2.75) is 43.2 Å². The summed E-state index contributed by atoms with van der Waals surface area (Å²) in [6, 6.07) is 9.22. The van der Waals surface area contributed by atoms with Crippen LogP contribution in [0, 0.1) is 11.3 Å². The Balaban J connectivity index is 2.03. The smallest absolute Gasteiger partial charge is 0.117 e. The van der Waals surface area contributed by atoms with E-state index in [4.69, 9.17) is 0 Å². The van der Waals surface area contributed by atoms with Gasteiger partial charge in [0.1, 0.15) is 5.54 Å². The Morgan fingerprint density at radius 1 is 1.41 bits per heavy atom. The van der Waals surface area contributed by atoms with Crippen molar-refractivity contribution in [1.82, 2.24) is 9.88 Å². The highest BCUT2D eigenvalue weighted by atomic mass is 15.2. The normalized spacial score (nSPS) is 36.7. The number of fused-ring (bicyclic) bond motifs is 2. The number of hydrogen-bond acceptors (Lipinski definition) is 3. The molecule has 0 N–H and O–H groups in total. The quantitative estimate of drug-likeness (QED) is 0.739. The van der Waals surface area contributed by atoms with E-state index >= 15 is 0 Å². The van der Waals surface area contributed by atoms with Gasteiger partial charge in [-0.1, -0.05) is 6.07 Å². The first-order valence-electron chi connectivity index (χ1n) is 6.33. The van der Waals surface area contributed by atoms with Gasteiger partial charge in [-0.3, -0.25) is 9.88 Å². The molecular weight excluding hydrogens is 210 g/mol. The molecule has 0 saturated carbocycles.